The van der Waals surface area contributed by atoms with Crippen LogP contribution in [0, 0.1) is 11.3 Å². The molecule has 1 aliphatic rings. The predicted octanol–water partition coefficient (Wildman–Crippen LogP) is 4.13. The van der Waals surface area contributed by atoms with E-state index in [1.165, 1.54) is 4.88 Å². The number of hydrogen-bond acceptors (Lipinski definition) is 5. The van der Waals surface area contributed by atoms with Crippen molar-refractivity contribution in [3.63, 3.8) is 0 Å². The van der Waals surface area contributed by atoms with Gasteiger partial charge in [0.15, 0.2) is 0 Å². The van der Waals surface area contributed by atoms with Crippen molar-refractivity contribution in [2.45, 2.75) is 32.2 Å². The van der Waals surface area contributed by atoms with Gasteiger partial charge in [0.1, 0.15) is 23.4 Å². The second-order valence-electron chi connectivity index (χ2n) is 6.99. The minimum atomic E-state index is -0.0940. The standard InChI is InChI=1S/C22H25N3O2S/c1-3-12-27-17-10-8-16(9-11-17)14-25(2)15-21(26)24-22-19(13-23)18-6-4-5-7-20(18)28-22/h3,8-11H,1,4-7,12,14-15H2,2H3,(H,24,26). The Labute approximate surface area is 170 Å². The monoisotopic (exact) mass is 395 g/mol. The van der Waals surface area contributed by atoms with Gasteiger partial charge < -0.3 is 10.1 Å². The summed E-state index contributed by atoms with van der Waals surface area (Å²) in [5.74, 6) is 0.707. The summed E-state index contributed by atoms with van der Waals surface area (Å²) in [5, 5.41) is 13.2. The highest BCUT2D eigenvalue weighted by molar-refractivity contribution is 7.16. The number of rotatable bonds is 8. The van der Waals surface area contributed by atoms with Gasteiger partial charge in [0, 0.05) is 11.4 Å². The Morgan fingerprint density at radius 2 is 2.11 bits per heavy atom. The van der Waals surface area contributed by atoms with Crippen LogP contribution in [0.5, 0.6) is 5.75 Å². The van der Waals surface area contributed by atoms with Gasteiger partial charge in [-0.15, -0.1) is 11.3 Å². The molecule has 0 saturated heterocycles. The third kappa shape index (κ3) is 5.00. The van der Waals surface area contributed by atoms with Crippen LogP contribution in [0.1, 0.15) is 34.4 Å². The maximum absolute atomic E-state index is 12.5. The molecule has 2 aromatic rings. The summed E-state index contributed by atoms with van der Waals surface area (Å²) in [7, 11) is 1.91. The molecule has 1 aliphatic carbocycles. The number of carbonyl (C=O) groups is 1. The number of amides is 1. The lowest BCUT2D eigenvalue weighted by molar-refractivity contribution is -0.117. The minimum absolute atomic E-state index is 0.0940. The SMILES string of the molecule is C=CCOc1ccc(CN(C)CC(=O)Nc2sc3c(c2C#N)CCCC3)cc1. The Balaban J connectivity index is 1.55. The van der Waals surface area contributed by atoms with Gasteiger partial charge in [-0.25, -0.2) is 0 Å². The second kappa shape index (κ2) is 9.54. The quantitative estimate of drug-likeness (QED) is 0.683. The fourth-order valence-corrected chi connectivity index (χ4v) is 4.65. The van der Waals surface area contributed by atoms with Crippen LogP contribution in [0.3, 0.4) is 0 Å². The molecule has 1 heterocycles. The van der Waals surface area contributed by atoms with Gasteiger partial charge in [0.2, 0.25) is 5.91 Å². The first kappa shape index (κ1) is 20.1. The molecule has 146 valence electrons. The average Bonchev–Trinajstić information content (AvgIpc) is 3.04. The van der Waals surface area contributed by atoms with Crippen LogP contribution < -0.4 is 10.1 Å². The van der Waals surface area contributed by atoms with E-state index in [2.05, 4.69) is 18.0 Å². The van der Waals surface area contributed by atoms with E-state index < -0.39 is 0 Å². The van der Waals surface area contributed by atoms with Gasteiger partial charge in [-0.1, -0.05) is 24.8 Å². The van der Waals surface area contributed by atoms with Crippen molar-refractivity contribution < 1.29 is 9.53 Å². The molecule has 0 fully saturated rings. The fourth-order valence-electron chi connectivity index (χ4n) is 3.40. The van der Waals surface area contributed by atoms with Crippen molar-refractivity contribution in [1.82, 2.24) is 4.90 Å². The molecule has 0 unspecified atom stereocenters. The topological polar surface area (TPSA) is 65.4 Å². The lowest BCUT2D eigenvalue weighted by atomic mass is 9.96. The number of nitrogens with one attached hydrogen (secondary N) is 1. The largest absolute Gasteiger partial charge is 0.490 e. The van der Waals surface area contributed by atoms with Gasteiger partial charge in [-0.2, -0.15) is 5.26 Å². The third-order valence-electron chi connectivity index (χ3n) is 4.69. The Bertz CT molecular complexity index is 880. The maximum Gasteiger partial charge on any atom is 0.239 e. The summed E-state index contributed by atoms with van der Waals surface area (Å²) in [4.78, 5) is 15.7. The number of fused-ring (bicyclic) bond motifs is 1. The van der Waals surface area contributed by atoms with Gasteiger partial charge >= 0.3 is 0 Å². The Hall–Kier alpha value is -2.62. The van der Waals surface area contributed by atoms with Gasteiger partial charge in [-0.05, 0) is 56.0 Å². The molecule has 3 rings (SSSR count). The van der Waals surface area contributed by atoms with E-state index in [0.29, 0.717) is 23.7 Å². The van der Waals surface area contributed by atoms with Crippen LogP contribution in [-0.4, -0.2) is 31.0 Å². The number of carbonyl (C=O) groups excluding carboxylic acids is 1. The second-order valence-corrected chi connectivity index (χ2v) is 8.10. The van der Waals surface area contributed by atoms with E-state index >= 15 is 0 Å². The first-order chi connectivity index (χ1) is 13.6. The summed E-state index contributed by atoms with van der Waals surface area (Å²) in [5.41, 5.74) is 2.90. The number of hydrogen-bond donors (Lipinski definition) is 1. The molecule has 6 heteroatoms. The van der Waals surface area contributed by atoms with E-state index in [9.17, 15) is 10.1 Å². The molecule has 1 aromatic carbocycles. The van der Waals surface area contributed by atoms with E-state index in [-0.39, 0.29) is 12.5 Å². The number of likely N-dealkylation sites (N-methyl/N-ethyl adjacent to an activating group) is 1. The molecule has 0 radical (unpaired) electrons. The summed E-state index contributed by atoms with van der Waals surface area (Å²) in [6.45, 7) is 5.04. The van der Waals surface area contributed by atoms with E-state index in [4.69, 9.17) is 4.74 Å². The van der Waals surface area contributed by atoms with Crippen molar-refractivity contribution in [3.8, 4) is 11.8 Å². The van der Waals surface area contributed by atoms with Crippen LogP contribution in [0.25, 0.3) is 0 Å². The van der Waals surface area contributed by atoms with Crippen LogP contribution in [0.4, 0.5) is 5.00 Å². The molecule has 0 atom stereocenters. The summed E-state index contributed by atoms with van der Waals surface area (Å²) >= 11 is 1.56. The number of anilines is 1. The van der Waals surface area contributed by atoms with Gasteiger partial charge in [-0.3, -0.25) is 9.69 Å². The summed E-state index contributed by atoms with van der Waals surface area (Å²) < 4.78 is 5.48. The number of aryl methyl sites for hydroxylation is 1. The zero-order chi connectivity index (χ0) is 19.9. The first-order valence-corrected chi connectivity index (χ1v) is 10.3. The molecule has 1 amide bonds. The highest BCUT2D eigenvalue weighted by atomic mass is 32.1. The van der Waals surface area contributed by atoms with Gasteiger partial charge in [0.25, 0.3) is 0 Å². The van der Waals surface area contributed by atoms with Crippen LogP contribution >= 0.6 is 11.3 Å². The summed E-state index contributed by atoms with van der Waals surface area (Å²) in [6, 6.07) is 10.1. The molecular formula is C22H25N3O2S. The van der Waals surface area contributed by atoms with Crippen molar-refractivity contribution >= 4 is 22.2 Å². The third-order valence-corrected chi connectivity index (χ3v) is 5.90. The van der Waals surface area contributed by atoms with Crippen molar-refractivity contribution in [3.05, 3.63) is 58.5 Å². The number of ether oxygens (including phenoxy) is 1. The van der Waals surface area contributed by atoms with Crippen molar-refractivity contribution in [2.24, 2.45) is 0 Å². The zero-order valence-corrected chi connectivity index (χ0v) is 17.0. The lowest BCUT2D eigenvalue weighted by Gasteiger charge is -2.16. The van der Waals surface area contributed by atoms with Crippen molar-refractivity contribution in [2.75, 3.05) is 25.5 Å². The average molecular weight is 396 g/mol. The molecule has 0 bridgehead atoms. The predicted molar refractivity (Wildman–Crippen MR) is 113 cm³/mol. The first-order valence-electron chi connectivity index (χ1n) is 9.46. The Morgan fingerprint density at radius 1 is 1.36 bits per heavy atom. The molecule has 5 nitrogen and oxygen atoms in total. The van der Waals surface area contributed by atoms with Crippen LogP contribution in [-0.2, 0) is 24.2 Å². The smallest absolute Gasteiger partial charge is 0.239 e. The fraction of sp³-hybridized carbons (Fsp3) is 0.364. The van der Waals surface area contributed by atoms with Crippen LogP contribution in [0.2, 0.25) is 0 Å². The van der Waals surface area contributed by atoms with Crippen LogP contribution in [0.15, 0.2) is 36.9 Å². The lowest BCUT2D eigenvalue weighted by Crippen LogP contribution is -2.29. The highest BCUT2D eigenvalue weighted by Gasteiger charge is 2.22. The van der Waals surface area contributed by atoms with Crippen molar-refractivity contribution in [1.29, 1.82) is 5.26 Å². The van der Waals surface area contributed by atoms with E-state index in [0.717, 1.165) is 42.6 Å². The number of nitrogens with zero attached hydrogens (tertiary/aromatic N) is 2. The number of thiophene rings is 1. The van der Waals surface area contributed by atoms with E-state index in [1.54, 1.807) is 17.4 Å². The molecule has 1 aromatic heterocycles. The molecule has 1 N–H and O–H groups in total. The molecule has 28 heavy (non-hydrogen) atoms. The Morgan fingerprint density at radius 3 is 2.82 bits per heavy atom. The highest BCUT2D eigenvalue weighted by Crippen LogP contribution is 2.37. The molecule has 0 saturated carbocycles. The Kier molecular flexibility index (Phi) is 6.85. The molecule has 0 aliphatic heterocycles. The summed E-state index contributed by atoms with van der Waals surface area (Å²) in [6.07, 6.45) is 5.94. The van der Waals surface area contributed by atoms with Gasteiger partial charge in [0.05, 0.1) is 12.1 Å². The normalized spacial score (nSPS) is 12.9. The molecule has 0 spiro atoms. The number of benzene rings is 1. The van der Waals surface area contributed by atoms with E-state index in [1.807, 2.05) is 36.2 Å². The minimum Gasteiger partial charge on any atom is -0.490 e. The zero-order valence-electron chi connectivity index (χ0n) is 16.2. The number of nitriles is 1. The maximum atomic E-state index is 12.5. The molecular weight excluding hydrogens is 370 g/mol.